The normalized spacial score (nSPS) is 11.1. The quantitative estimate of drug-likeness (QED) is 0.332. The average Bonchev–Trinajstić information content (AvgIpc) is 2.63. The molecule has 0 bridgehead atoms. The standard InChI is InChI=1S/C18H22N4O5S2/c1-12-9-13(2)22-18(21-12)28-11-17(24)27-10-16(23)20-8-7-14-3-5-15(6-4-14)29(19,25)26/h3-6,9H,7-8,10-11H2,1-2H3,(H,20,23)(H2,19,25,26). The summed E-state index contributed by atoms with van der Waals surface area (Å²) < 4.78 is 27.3. The third-order valence-electron chi connectivity index (χ3n) is 3.63. The number of sulfonamides is 1. The Kier molecular flexibility index (Phi) is 8.11. The number of nitrogens with zero attached hydrogens (tertiary/aromatic N) is 2. The second-order valence-electron chi connectivity index (χ2n) is 6.17. The van der Waals surface area contributed by atoms with Crippen molar-refractivity contribution >= 4 is 33.7 Å². The molecule has 156 valence electrons. The number of aromatic nitrogens is 2. The second-order valence-corrected chi connectivity index (χ2v) is 8.68. The van der Waals surface area contributed by atoms with Crippen LogP contribution in [-0.2, 0) is 30.8 Å². The summed E-state index contributed by atoms with van der Waals surface area (Å²) in [5.41, 5.74) is 2.46. The third kappa shape index (κ3) is 8.18. The van der Waals surface area contributed by atoms with E-state index in [1.165, 1.54) is 12.1 Å². The Labute approximate surface area is 173 Å². The number of primary sulfonamides is 1. The minimum atomic E-state index is -3.72. The van der Waals surface area contributed by atoms with E-state index in [9.17, 15) is 18.0 Å². The van der Waals surface area contributed by atoms with Crippen LogP contribution in [-0.4, -0.2) is 49.2 Å². The number of nitrogens with two attached hydrogens (primary N) is 1. The van der Waals surface area contributed by atoms with Crippen molar-refractivity contribution in [2.24, 2.45) is 5.14 Å². The van der Waals surface area contributed by atoms with Crippen molar-refractivity contribution in [3.8, 4) is 0 Å². The van der Waals surface area contributed by atoms with Crippen molar-refractivity contribution in [1.29, 1.82) is 0 Å². The minimum Gasteiger partial charge on any atom is -0.455 e. The number of hydrogen-bond acceptors (Lipinski definition) is 8. The molecule has 9 nitrogen and oxygen atoms in total. The lowest BCUT2D eigenvalue weighted by Crippen LogP contribution is -2.30. The first kappa shape index (κ1) is 22.8. The number of carbonyl (C=O) groups is 2. The van der Waals surface area contributed by atoms with Crippen molar-refractivity contribution in [3.63, 3.8) is 0 Å². The number of aryl methyl sites for hydroxylation is 2. The molecule has 1 aromatic heterocycles. The topological polar surface area (TPSA) is 141 Å². The molecule has 0 saturated heterocycles. The van der Waals surface area contributed by atoms with Crippen LogP contribution in [0.3, 0.4) is 0 Å². The molecular weight excluding hydrogens is 416 g/mol. The highest BCUT2D eigenvalue weighted by atomic mass is 32.2. The van der Waals surface area contributed by atoms with E-state index >= 15 is 0 Å². The molecule has 0 atom stereocenters. The monoisotopic (exact) mass is 438 g/mol. The van der Waals surface area contributed by atoms with Gasteiger partial charge in [-0.15, -0.1) is 0 Å². The van der Waals surface area contributed by atoms with Crippen LogP contribution in [0.4, 0.5) is 0 Å². The molecule has 1 aromatic carbocycles. The Morgan fingerprint density at radius 3 is 2.34 bits per heavy atom. The molecule has 3 N–H and O–H groups in total. The summed E-state index contributed by atoms with van der Waals surface area (Å²) in [7, 11) is -3.72. The largest absolute Gasteiger partial charge is 0.455 e. The lowest BCUT2D eigenvalue weighted by Gasteiger charge is -2.07. The summed E-state index contributed by atoms with van der Waals surface area (Å²) in [5.74, 6) is -0.953. The van der Waals surface area contributed by atoms with Gasteiger partial charge in [-0.3, -0.25) is 9.59 Å². The third-order valence-corrected chi connectivity index (χ3v) is 5.38. The fourth-order valence-corrected chi connectivity index (χ4v) is 3.58. The molecule has 0 aliphatic rings. The lowest BCUT2D eigenvalue weighted by atomic mass is 10.1. The molecule has 11 heteroatoms. The van der Waals surface area contributed by atoms with Gasteiger partial charge >= 0.3 is 5.97 Å². The number of nitrogens with one attached hydrogen (secondary N) is 1. The van der Waals surface area contributed by atoms with E-state index in [2.05, 4.69) is 15.3 Å². The van der Waals surface area contributed by atoms with Crippen molar-refractivity contribution < 1.29 is 22.7 Å². The molecular formula is C18H22N4O5S2. The molecule has 2 rings (SSSR count). The van der Waals surface area contributed by atoms with E-state index in [0.29, 0.717) is 18.1 Å². The molecule has 0 radical (unpaired) electrons. The molecule has 0 unspecified atom stereocenters. The Hall–Kier alpha value is -2.50. The van der Waals surface area contributed by atoms with Crippen molar-refractivity contribution in [1.82, 2.24) is 15.3 Å². The fraction of sp³-hybridized carbons (Fsp3) is 0.333. The van der Waals surface area contributed by atoms with Gasteiger partial charge in [0.25, 0.3) is 5.91 Å². The highest BCUT2D eigenvalue weighted by Crippen LogP contribution is 2.14. The second kappa shape index (κ2) is 10.3. The van der Waals surface area contributed by atoms with E-state index in [0.717, 1.165) is 28.7 Å². The van der Waals surface area contributed by atoms with Gasteiger partial charge in [-0.2, -0.15) is 0 Å². The molecule has 0 aliphatic carbocycles. The summed E-state index contributed by atoms with van der Waals surface area (Å²) in [6, 6.07) is 7.90. The first-order valence-electron chi connectivity index (χ1n) is 8.62. The van der Waals surface area contributed by atoms with Gasteiger partial charge in [0.2, 0.25) is 10.0 Å². The summed E-state index contributed by atoms with van der Waals surface area (Å²) in [6.45, 7) is 3.62. The van der Waals surface area contributed by atoms with Crippen LogP contribution in [0.25, 0.3) is 0 Å². The van der Waals surface area contributed by atoms with E-state index in [1.54, 1.807) is 12.1 Å². The minimum absolute atomic E-state index is 0.00652. The van der Waals surface area contributed by atoms with Crippen molar-refractivity contribution in [3.05, 3.63) is 47.3 Å². The van der Waals surface area contributed by atoms with E-state index < -0.39 is 21.9 Å². The molecule has 0 aliphatic heterocycles. The molecule has 2 aromatic rings. The Bertz CT molecular complexity index is 958. The highest BCUT2D eigenvalue weighted by molar-refractivity contribution is 7.99. The van der Waals surface area contributed by atoms with Gasteiger partial charge in [0.05, 0.1) is 10.6 Å². The first-order valence-corrected chi connectivity index (χ1v) is 11.2. The number of ether oxygens (including phenoxy) is 1. The summed E-state index contributed by atoms with van der Waals surface area (Å²) in [5, 5.41) is 8.15. The Morgan fingerprint density at radius 2 is 1.76 bits per heavy atom. The molecule has 29 heavy (non-hydrogen) atoms. The summed E-state index contributed by atoms with van der Waals surface area (Å²) in [6.07, 6.45) is 0.491. The van der Waals surface area contributed by atoms with Gasteiger partial charge in [0.15, 0.2) is 11.8 Å². The van der Waals surface area contributed by atoms with Gasteiger partial charge in [0, 0.05) is 17.9 Å². The maximum Gasteiger partial charge on any atom is 0.316 e. The van der Waals surface area contributed by atoms with Crippen molar-refractivity contribution in [2.75, 3.05) is 18.9 Å². The van der Waals surface area contributed by atoms with Crippen LogP contribution in [0.2, 0.25) is 0 Å². The number of thioether (sulfide) groups is 1. The van der Waals surface area contributed by atoms with Crippen LogP contribution in [0.1, 0.15) is 17.0 Å². The van der Waals surface area contributed by atoms with Gasteiger partial charge in [-0.1, -0.05) is 23.9 Å². The molecule has 1 amide bonds. The lowest BCUT2D eigenvalue weighted by molar-refractivity contribution is -0.145. The number of hydrogen-bond donors (Lipinski definition) is 2. The fourth-order valence-electron chi connectivity index (χ4n) is 2.31. The predicted molar refractivity (Wildman–Crippen MR) is 108 cm³/mol. The number of rotatable bonds is 9. The van der Waals surface area contributed by atoms with E-state index in [-0.39, 0.29) is 17.3 Å². The number of benzene rings is 1. The van der Waals surface area contributed by atoms with Gasteiger partial charge in [0.1, 0.15) is 0 Å². The van der Waals surface area contributed by atoms with Gasteiger partial charge in [-0.25, -0.2) is 23.5 Å². The van der Waals surface area contributed by atoms with Crippen LogP contribution < -0.4 is 10.5 Å². The zero-order valence-corrected chi connectivity index (χ0v) is 17.7. The SMILES string of the molecule is Cc1cc(C)nc(SCC(=O)OCC(=O)NCCc2ccc(S(N)(=O)=O)cc2)n1. The highest BCUT2D eigenvalue weighted by Gasteiger charge is 2.10. The Balaban J connectivity index is 1.67. The van der Waals surface area contributed by atoms with Crippen LogP contribution in [0.15, 0.2) is 40.4 Å². The smallest absolute Gasteiger partial charge is 0.316 e. The zero-order valence-electron chi connectivity index (χ0n) is 16.0. The van der Waals surface area contributed by atoms with Crippen molar-refractivity contribution in [2.45, 2.75) is 30.3 Å². The van der Waals surface area contributed by atoms with Gasteiger partial charge in [-0.05, 0) is 44.0 Å². The summed E-state index contributed by atoms with van der Waals surface area (Å²) in [4.78, 5) is 32.0. The zero-order chi connectivity index (χ0) is 21.4. The van der Waals surface area contributed by atoms with E-state index in [1.807, 2.05) is 19.9 Å². The summed E-state index contributed by atoms with van der Waals surface area (Å²) >= 11 is 1.15. The molecule has 0 fully saturated rings. The first-order chi connectivity index (χ1) is 13.6. The van der Waals surface area contributed by atoms with E-state index in [4.69, 9.17) is 9.88 Å². The number of esters is 1. The molecule has 0 spiro atoms. The number of amides is 1. The molecule has 0 saturated carbocycles. The van der Waals surface area contributed by atoms with Crippen LogP contribution in [0, 0.1) is 13.8 Å². The molecule has 1 heterocycles. The van der Waals surface area contributed by atoms with Crippen LogP contribution >= 0.6 is 11.8 Å². The Morgan fingerprint density at radius 1 is 1.14 bits per heavy atom. The maximum absolute atomic E-state index is 11.8. The predicted octanol–water partition coefficient (Wildman–Crippen LogP) is 0.735. The number of carbonyl (C=O) groups excluding carboxylic acids is 2. The van der Waals surface area contributed by atoms with Crippen LogP contribution in [0.5, 0.6) is 0 Å². The average molecular weight is 439 g/mol. The maximum atomic E-state index is 11.8. The van der Waals surface area contributed by atoms with Gasteiger partial charge < -0.3 is 10.1 Å².